The Kier molecular flexibility index (Phi) is 3.56. The van der Waals surface area contributed by atoms with Crippen molar-refractivity contribution < 1.29 is 4.79 Å². The zero-order chi connectivity index (χ0) is 13.4. The first-order valence-electron chi connectivity index (χ1n) is 5.81. The molecule has 1 amide bonds. The lowest BCUT2D eigenvalue weighted by atomic mass is 10.1. The number of hydrogen-bond acceptors (Lipinski definition) is 4. The van der Waals surface area contributed by atoms with Crippen LogP contribution in [0.3, 0.4) is 0 Å². The first-order valence-corrected chi connectivity index (χ1v) is 8.36. The van der Waals surface area contributed by atoms with E-state index in [1.54, 1.807) is 16.2 Å². The molecular formula is C13H11BrN2OS2. The quantitative estimate of drug-likeness (QED) is 0.774. The summed E-state index contributed by atoms with van der Waals surface area (Å²) in [5.41, 5.74) is 0.928. The molecule has 0 N–H and O–H groups in total. The summed E-state index contributed by atoms with van der Waals surface area (Å²) >= 11 is 6.67. The summed E-state index contributed by atoms with van der Waals surface area (Å²) in [4.78, 5) is 19.4. The van der Waals surface area contributed by atoms with Gasteiger partial charge in [-0.2, -0.15) is 0 Å². The second-order valence-corrected chi connectivity index (χ2v) is 6.92. The summed E-state index contributed by atoms with van der Waals surface area (Å²) in [6.45, 7) is 4.46. The lowest BCUT2D eigenvalue weighted by Gasteiger charge is -2.11. The number of thiazole rings is 1. The molecule has 2 aromatic rings. The Morgan fingerprint density at radius 1 is 1.53 bits per heavy atom. The monoisotopic (exact) mass is 354 g/mol. The van der Waals surface area contributed by atoms with Gasteiger partial charge in [-0.25, -0.2) is 4.98 Å². The molecule has 0 bridgehead atoms. The van der Waals surface area contributed by atoms with Gasteiger partial charge in [0.15, 0.2) is 5.13 Å². The highest BCUT2D eigenvalue weighted by atomic mass is 79.9. The number of nitrogens with zero attached hydrogens (tertiary/aromatic N) is 2. The molecule has 98 valence electrons. The fraction of sp³-hybridized carbons (Fsp3) is 0.231. The average Bonchev–Trinajstić information content (AvgIpc) is 3.07. The molecule has 3 heterocycles. The van der Waals surface area contributed by atoms with Crippen LogP contribution in [0.15, 0.2) is 34.0 Å². The molecule has 6 heteroatoms. The third-order valence-corrected chi connectivity index (χ3v) is 5.78. The van der Waals surface area contributed by atoms with Crippen molar-refractivity contribution in [1.82, 2.24) is 4.98 Å². The predicted molar refractivity (Wildman–Crippen MR) is 83.8 cm³/mol. The van der Waals surface area contributed by atoms with Crippen molar-refractivity contribution in [3.8, 4) is 10.6 Å². The molecule has 1 aliphatic heterocycles. The van der Waals surface area contributed by atoms with Crippen molar-refractivity contribution in [3.05, 3.63) is 34.0 Å². The fourth-order valence-corrected chi connectivity index (χ4v) is 4.50. The number of thiophene rings is 1. The lowest BCUT2D eigenvalue weighted by molar-refractivity contribution is -0.117. The van der Waals surface area contributed by atoms with E-state index in [1.807, 2.05) is 22.9 Å². The van der Waals surface area contributed by atoms with E-state index in [9.17, 15) is 4.79 Å². The van der Waals surface area contributed by atoms with Gasteiger partial charge in [-0.1, -0.05) is 6.08 Å². The third kappa shape index (κ3) is 2.40. The van der Waals surface area contributed by atoms with E-state index >= 15 is 0 Å². The molecule has 1 fully saturated rings. The Morgan fingerprint density at radius 2 is 2.37 bits per heavy atom. The summed E-state index contributed by atoms with van der Waals surface area (Å²) in [5, 5.41) is 4.80. The Hall–Kier alpha value is -0.980. The number of rotatable bonds is 3. The van der Waals surface area contributed by atoms with Crippen molar-refractivity contribution in [2.24, 2.45) is 5.92 Å². The first-order chi connectivity index (χ1) is 9.19. The van der Waals surface area contributed by atoms with Gasteiger partial charge in [0, 0.05) is 28.7 Å². The standard InChI is InChI=1S/C13H11BrN2OS2/c1-2-8-5-11(17)16(6-8)13-15-10(7-19-13)12-9(14)3-4-18-12/h2-4,7-8H,1,5-6H2. The Bertz CT molecular complexity index is 634. The van der Waals surface area contributed by atoms with E-state index in [4.69, 9.17) is 0 Å². The minimum atomic E-state index is 0.135. The maximum Gasteiger partial charge on any atom is 0.229 e. The second kappa shape index (κ2) is 5.19. The maximum atomic E-state index is 11.9. The van der Waals surface area contributed by atoms with Crippen molar-refractivity contribution in [3.63, 3.8) is 0 Å². The van der Waals surface area contributed by atoms with E-state index in [0.29, 0.717) is 13.0 Å². The van der Waals surface area contributed by atoms with Gasteiger partial charge < -0.3 is 0 Å². The second-order valence-electron chi connectivity index (χ2n) is 4.32. The molecule has 1 unspecified atom stereocenters. The average molecular weight is 355 g/mol. The van der Waals surface area contributed by atoms with Crippen molar-refractivity contribution in [2.45, 2.75) is 6.42 Å². The van der Waals surface area contributed by atoms with Crippen LogP contribution in [-0.4, -0.2) is 17.4 Å². The van der Waals surface area contributed by atoms with Crippen LogP contribution in [0, 0.1) is 5.92 Å². The van der Waals surface area contributed by atoms with Crippen LogP contribution in [0.2, 0.25) is 0 Å². The zero-order valence-electron chi connectivity index (χ0n) is 10.0. The van der Waals surface area contributed by atoms with Crippen LogP contribution in [0.5, 0.6) is 0 Å². The van der Waals surface area contributed by atoms with Crippen LogP contribution in [-0.2, 0) is 4.79 Å². The molecule has 19 heavy (non-hydrogen) atoms. The van der Waals surface area contributed by atoms with Crippen molar-refractivity contribution >= 4 is 49.6 Å². The van der Waals surface area contributed by atoms with Gasteiger partial charge in [0.2, 0.25) is 5.91 Å². The topological polar surface area (TPSA) is 33.2 Å². The van der Waals surface area contributed by atoms with Gasteiger partial charge in [0.1, 0.15) is 0 Å². The molecule has 1 atom stereocenters. The first kappa shape index (κ1) is 13.0. The van der Waals surface area contributed by atoms with Gasteiger partial charge in [0.05, 0.1) is 10.6 Å². The zero-order valence-corrected chi connectivity index (χ0v) is 13.2. The number of carbonyl (C=O) groups excluding carboxylic acids is 1. The minimum Gasteiger partial charge on any atom is -0.287 e. The van der Waals surface area contributed by atoms with E-state index < -0.39 is 0 Å². The molecule has 1 saturated heterocycles. The fourth-order valence-electron chi connectivity index (χ4n) is 2.05. The lowest BCUT2D eigenvalue weighted by Crippen LogP contribution is -2.24. The van der Waals surface area contributed by atoms with Crippen LogP contribution in [0.25, 0.3) is 10.6 Å². The van der Waals surface area contributed by atoms with Crippen LogP contribution in [0.1, 0.15) is 6.42 Å². The van der Waals surface area contributed by atoms with Crippen LogP contribution >= 0.6 is 38.6 Å². The summed E-state index contributed by atoms with van der Waals surface area (Å²) in [5.74, 6) is 0.379. The Morgan fingerprint density at radius 3 is 3.00 bits per heavy atom. The number of anilines is 1. The van der Waals surface area contributed by atoms with Gasteiger partial charge in [-0.15, -0.1) is 29.3 Å². The minimum absolute atomic E-state index is 0.135. The molecule has 2 aromatic heterocycles. The number of aromatic nitrogens is 1. The molecular weight excluding hydrogens is 344 g/mol. The number of hydrogen-bond donors (Lipinski definition) is 0. The molecule has 3 nitrogen and oxygen atoms in total. The molecule has 1 aliphatic rings. The smallest absolute Gasteiger partial charge is 0.229 e. The summed E-state index contributed by atoms with van der Waals surface area (Å²) in [7, 11) is 0. The van der Waals surface area contributed by atoms with Crippen molar-refractivity contribution in [1.29, 1.82) is 0 Å². The van der Waals surface area contributed by atoms with Crippen LogP contribution in [0.4, 0.5) is 5.13 Å². The molecule has 0 spiro atoms. The van der Waals surface area contributed by atoms with E-state index in [0.717, 1.165) is 20.2 Å². The predicted octanol–water partition coefficient (Wildman–Crippen LogP) is 4.17. The van der Waals surface area contributed by atoms with Gasteiger partial charge in [-0.3, -0.25) is 9.69 Å². The molecule has 0 aliphatic carbocycles. The maximum absolute atomic E-state index is 11.9. The normalized spacial score (nSPS) is 19.1. The molecule has 3 rings (SSSR count). The molecule has 0 aromatic carbocycles. The number of carbonyl (C=O) groups is 1. The van der Waals surface area contributed by atoms with Crippen LogP contribution < -0.4 is 4.90 Å². The number of halogens is 1. The number of amides is 1. The molecule has 0 saturated carbocycles. The highest BCUT2D eigenvalue weighted by molar-refractivity contribution is 9.10. The Balaban J connectivity index is 1.88. The van der Waals surface area contributed by atoms with Gasteiger partial charge >= 0.3 is 0 Å². The summed E-state index contributed by atoms with van der Waals surface area (Å²) in [6.07, 6.45) is 2.39. The van der Waals surface area contributed by atoms with Gasteiger partial charge in [0.25, 0.3) is 0 Å². The van der Waals surface area contributed by atoms with E-state index in [2.05, 4.69) is 27.5 Å². The Labute approximate surface area is 127 Å². The highest BCUT2D eigenvalue weighted by Crippen LogP contribution is 2.37. The largest absolute Gasteiger partial charge is 0.287 e. The van der Waals surface area contributed by atoms with E-state index in [1.165, 1.54) is 11.3 Å². The molecule has 0 radical (unpaired) electrons. The SMILES string of the molecule is C=CC1CC(=O)N(c2nc(-c3sccc3Br)cs2)C1. The highest BCUT2D eigenvalue weighted by Gasteiger charge is 2.30. The third-order valence-electron chi connectivity index (χ3n) is 3.06. The summed E-state index contributed by atoms with van der Waals surface area (Å²) in [6, 6.07) is 2.01. The summed E-state index contributed by atoms with van der Waals surface area (Å²) < 4.78 is 1.05. The van der Waals surface area contributed by atoms with Gasteiger partial charge in [-0.05, 0) is 27.4 Å². The van der Waals surface area contributed by atoms with E-state index in [-0.39, 0.29) is 11.8 Å². The van der Waals surface area contributed by atoms with Crippen molar-refractivity contribution in [2.75, 3.05) is 11.4 Å².